The molecule has 1 aliphatic heterocycles. The maximum atomic E-state index is 12.2. The van der Waals surface area contributed by atoms with Crippen molar-refractivity contribution in [3.63, 3.8) is 0 Å². The molecular weight excluding hydrogens is 324 g/mol. The molecule has 1 amide bonds. The molecule has 2 N–H and O–H groups in total. The second kappa shape index (κ2) is 10.7. The molecule has 0 spiro atoms. The number of aryl methyl sites for hydroxylation is 2. The van der Waals surface area contributed by atoms with Crippen LogP contribution in [0, 0.1) is 12.8 Å². The molecule has 1 heterocycles. The zero-order valence-electron chi connectivity index (χ0n) is 14.9. The van der Waals surface area contributed by atoms with Gasteiger partial charge in [0, 0.05) is 26.7 Å². The number of nitrogens with two attached hydrogens (primary N) is 1. The minimum Gasteiger partial charge on any atom is -0.380 e. The third kappa shape index (κ3) is 6.42. The molecule has 1 aromatic rings. The number of hydrogen-bond donors (Lipinski definition) is 1. The number of nitrogens with zero attached hydrogens (tertiary/aromatic N) is 1. The Bertz CT molecular complexity index is 481. The second-order valence-corrected chi connectivity index (χ2v) is 6.65. The number of ether oxygens (including phenoxy) is 1. The lowest BCUT2D eigenvalue weighted by atomic mass is 9.90. The van der Waals surface area contributed by atoms with E-state index in [4.69, 9.17) is 10.5 Å². The average Bonchev–Trinajstić information content (AvgIpc) is 2.59. The molecule has 0 bridgehead atoms. The molecule has 136 valence electrons. The third-order valence-electron chi connectivity index (χ3n) is 4.93. The SMILES string of the molecule is COC(CN)CC(=O)N1CCC(CCc2ccc(C)cc2)CC1.Cl. The summed E-state index contributed by atoms with van der Waals surface area (Å²) in [5, 5.41) is 0. The third-order valence-corrected chi connectivity index (χ3v) is 4.93. The largest absolute Gasteiger partial charge is 0.380 e. The van der Waals surface area contributed by atoms with E-state index >= 15 is 0 Å². The molecule has 0 saturated carbocycles. The predicted octanol–water partition coefficient (Wildman–Crippen LogP) is 2.95. The van der Waals surface area contributed by atoms with Crippen LogP contribution in [0.4, 0.5) is 0 Å². The maximum absolute atomic E-state index is 12.2. The van der Waals surface area contributed by atoms with Gasteiger partial charge in [0.2, 0.25) is 5.91 Å². The lowest BCUT2D eigenvalue weighted by molar-refractivity contribution is -0.135. The van der Waals surface area contributed by atoms with Crippen LogP contribution in [0.15, 0.2) is 24.3 Å². The minimum atomic E-state index is -0.151. The fourth-order valence-electron chi connectivity index (χ4n) is 3.18. The molecule has 5 heteroatoms. The van der Waals surface area contributed by atoms with Crippen LogP contribution < -0.4 is 5.73 Å². The Labute approximate surface area is 152 Å². The first-order chi connectivity index (χ1) is 11.1. The number of carbonyl (C=O) groups excluding carboxylic acids is 1. The fourth-order valence-corrected chi connectivity index (χ4v) is 3.18. The van der Waals surface area contributed by atoms with Crippen LogP contribution in [0.2, 0.25) is 0 Å². The molecule has 4 nitrogen and oxygen atoms in total. The summed E-state index contributed by atoms with van der Waals surface area (Å²) in [6, 6.07) is 8.82. The zero-order chi connectivity index (χ0) is 16.7. The summed E-state index contributed by atoms with van der Waals surface area (Å²) in [7, 11) is 1.61. The lowest BCUT2D eigenvalue weighted by Crippen LogP contribution is -2.41. The Hall–Kier alpha value is -1.10. The Morgan fingerprint density at radius 2 is 1.92 bits per heavy atom. The number of halogens is 1. The molecule has 1 fully saturated rings. The number of rotatable bonds is 7. The van der Waals surface area contributed by atoms with E-state index in [1.165, 1.54) is 17.5 Å². The summed E-state index contributed by atoms with van der Waals surface area (Å²) in [6.07, 6.45) is 4.82. The van der Waals surface area contributed by atoms with Crippen molar-refractivity contribution in [3.05, 3.63) is 35.4 Å². The molecule has 1 saturated heterocycles. The van der Waals surface area contributed by atoms with Crippen LogP contribution >= 0.6 is 12.4 Å². The zero-order valence-corrected chi connectivity index (χ0v) is 15.7. The Morgan fingerprint density at radius 1 is 1.29 bits per heavy atom. The summed E-state index contributed by atoms with van der Waals surface area (Å²) in [4.78, 5) is 14.2. The summed E-state index contributed by atoms with van der Waals surface area (Å²) in [5.74, 6) is 0.910. The molecule has 1 aromatic carbocycles. The van der Waals surface area contributed by atoms with Gasteiger partial charge in [0.05, 0.1) is 12.5 Å². The van der Waals surface area contributed by atoms with E-state index in [0.717, 1.165) is 38.3 Å². The first-order valence-electron chi connectivity index (χ1n) is 8.68. The van der Waals surface area contributed by atoms with E-state index in [2.05, 4.69) is 31.2 Å². The van der Waals surface area contributed by atoms with Gasteiger partial charge >= 0.3 is 0 Å². The highest BCUT2D eigenvalue weighted by Gasteiger charge is 2.24. The number of amides is 1. The highest BCUT2D eigenvalue weighted by atomic mass is 35.5. The van der Waals surface area contributed by atoms with Crippen molar-refractivity contribution in [3.8, 4) is 0 Å². The van der Waals surface area contributed by atoms with Crippen molar-refractivity contribution in [2.45, 2.75) is 45.1 Å². The van der Waals surface area contributed by atoms with E-state index in [9.17, 15) is 4.79 Å². The summed E-state index contributed by atoms with van der Waals surface area (Å²) >= 11 is 0. The first-order valence-corrected chi connectivity index (χ1v) is 8.68. The monoisotopic (exact) mass is 354 g/mol. The number of carbonyl (C=O) groups is 1. The molecular formula is C19H31ClN2O2. The fraction of sp³-hybridized carbons (Fsp3) is 0.632. The van der Waals surface area contributed by atoms with Crippen molar-refractivity contribution in [2.75, 3.05) is 26.7 Å². The van der Waals surface area contributed by atoms with Crippen LogP contribution in [0.3, 0.4) is 0 Å². The van der Waals surface area contributed by atoms with Gasteiger partial charge in [0.25, 0.3) is 0 Å². The summed E-state index contributed by atoms with van der Waals surface area (Å²) in [5.41, 5.74) is 8.32. The minimum absolute atomic E-state index is 0. The second-order valence-electron chi connectivity index (χ2n) is 6.65. The summed E-state index contributed by atoms with van der Waals surface area (Å²) in [6.45, 7) is 4.27. The molecule has 1 unspecified atom stereocenters. The van der Waals surface area contributed by atoms with Gasteiger partial charge in [-0.15, -0.1) is 12.4 Å². The van der Waals surface area contributed by atoms with Crippen LogP contribution in [0.25, 0.3) is 0 Å². The van der Waals surface area contributed by atoms with E-state index in [1.807, 2.05) is 4.90 Å². The topological polar surface area (TPSA) is 55.6 Å². The number of benzene rings is 1. The highest BCUT2D eigenvalue weighted by molar-refractivity contribution is 5.85. The number of likely N-dealkylation sites (tertiary alicyclic amines) is 1. The molecule has 1 aliphatic rings. The van der Waals surface area contributed by atoms with Gasteiger partial charge < -0.3 is 15.4 Å². The van der Waals surface area contributed by atoms with Crippen molar-refractivity contribution in [1.29, 1.82) is 0 Å². The maximum Gasteiger partial charge on any atom is 0.225 e. The quantitative estimate of drug-likeness (QED) is 0.819. The average molecular weight is 355 g/mol. The Balaban J connectivity index is 0.00000288. The van der Waals surface area contributed by atoms with E-state index in [1.54, 1.807) is 7.11 Å². The van der Waals surface area contributed by atoms with E-state index in [-0.39, 0.29) is 24.4 Å². The smallest absolute Gasteiger partial charge is 0.225 e. The van der Waals surface area contributed by atoms with Gasteiger partial charge in [0.15, 0.2) is 0 Å². The Kier molecular flexibility index (Phi) is 9.34. The molecule has 1 atom stereocenters. The van der Waals surface area contributed by atoms with Gasteiger partial charge in [-0.3, -0.25) is 4.79 Å². The molecule has 0 aliphatic carbocycles. The van der Waals surface area contributed by atoms with Gasteiger partial charge in [-0.25, -0.2) is 0 Å². The van der Waals surface area contributed by atoms with Crippen molar-refractivity contribution in [1.82, 2.24) is 4.90 Å². The van der Waals surface area contributed by atoms with Gasteiger partial charge in [0.1, 0.15) is 0 Å². The van der Waals surface area contributed by atoms with Crippen molar-refractivity contribution >= 4 is 18.3 Å². The number of methoxy groups -OCH3 is 1. The molecule has 0 aromatic heterocycles. The van der Waals surface area contributed by atoms with Gasteiger partial charge in [-0.05, 0) is 44.1 Å². The van der Waals surface area contributed by atoms with Crippen molar-refractivity contribution in [2.24, 2.45) is 11.7 Å². The molecule has 2 rings (SSSR count). The first kappa shape index (κ1) is 20.9. The standard InChI is InChI=1S/C19H30N2O2.ClH/c1-15-3-5-16(6-4-15)7-8-17-9-11-21(12-10-17)19(22)13-18(14-20)23-2;/h3-6,17-18H,7-14,20H2,1-2H3;1H. The van der Waals surface area contributed by atoms with Crippen LogP contribution in [-0.2, 0) is 16.0 Å². The van der Waals surface area contributed by atoms with Gasteiger partial charge in [-0.1, -0.05) is 29.8 Å². The van der Waals surface area contributed by atoms with Crippen LogP contribution in [0.5, 0.6) is 0 Å². The van der Waals surface area contributed by atoms with E-state index in [0.29, 0.717) is 13.0 Å². The van der Waals surface area contributed by atoms with Crippen LogP contribution in [-0.4, -0.2) is 43.7 Å². The number of hydrogen-bond acceptors (Lipinski definition) is 3. The van der Waals surface area contributed by atoms with Gasteiger partial charge in [-0.2, -0.15) is 0 Å². The lowest BCUT2D eigenvalue weighted by Gasteiger charge is -2.32. The normalized spacial score (nSPS) is 16.5. The number of piperidine rings is 1. The molecule has 0 radical (unpaired) electrons. The van der Waals surface area contributed by atoms with Crippen molar-refractivity contribution < 1.29 is 9.53 Å². The highest BCUT2D eigenvalue weighted by Crippen LogP contribution is 2.23. The van der Waals surface area contributed by atoms with E-state index < -0.39 is 0 Å². The van der Waals surface area contributed by atoms with Crippen LogP contribution in [0.1, 0.15) is 36.8 Å². The Morgan fingerprint density at radius 3 is 2.46 bits per heavy atom. The molecule has 24 heavy (non-hydrogen) atoms. The summed E-state index contributed by atoms with van der Waals surface area (Å²) < 4.78 is 5.21. The predicted molar refractivity (Wildman–Crippen MR) is 101 cm³/mol.